The highest BCUT2D eigenvalue weighted by Gasteiger charge is 2.12. The third-order valence-corrected chi connectivity index (χ3v) is 4.47. The van der Waals surface area contributed by atoms with Crippen molar-refractivity contribution in [1.29, 1.82) is 5.26 Å². The largest absolute Gasteiger partial charge is 0.326 e. The lowest BCUT2D eigenvalue weighted by atomic mass is 10.2. The van der Waals surface area contributed by atoms with Gasteiger partial charge in [-0.25, -0.2) is 4.98 Å². The van der Waals surface area contributed by atoms with Crippen molar-refractivity contribution < 1.29 is 0 Å². The van der Waals surface area contributed by atoms with Crippen LogP contribution < -0.4 is 0 Å². The summed E-state index contributed by atoms with van der Waals surface area (Å²) in [5.41, 5.74) is 2.58. The Hall–Kier alpha value is -2.12. The Kier molecular flexibility index (Phi) is 2.84. The van der Waals surface area contributed by atoms with E-state index in [2.05, 4.69) is 34.7 Å². The number of aryl methyl sites for hydroxylation is 2. The van der Waals surface area contributed by atoms with Crippen LogP contribution in [0.4, 0.5) is 0 Å². The van der Waals surface area contributed by atoms with Gasteiger partial charge in [0.2, 0.25) is 0 Å². The number of rotatable bonds is 2. The van der Waals surface area contributed by atoms with Crippen molar-refractivity contribution in [3.8, 4) is 16.8 Å². The van der Waals surface area contributed by atoms with E-state index < -0.39 is 0 Å². The molecule has 1 aromatic carbocycles. The Morgan fingerprint density at radius 1 is 1.32 bits per heavy atom. The van der Waals surface area contributed by atoms with Crippen LogP contribution in [0.3, 0.4) is 0 Å². The summed E-state index contributed by atoms with van der Waals surface area (Å²) in [6, 6.07) is 12.1. The van der Waals surface area contributed by atoms with Gasteiger partial charge in [-0.3, -0.25) is 0 Å². The Balaban J connectivity index is 2.19. The minimum absolute atomic E-state index is 0.651. The van der Waals surface area contributed by atoms with Crippen LogP contribution in [0.1, 0.15) is 17.4 Å². The molecule has 19 heavy (non-hydrogen) atoms. The standard InChI is InChI=1S/C15H13N3S/c1-3-11-5-7-14(19-11)15-17-12-8-10(9-16)4-6-13(12)18(15)2/h4-8H,3H2,1-2H3. The fourth-order valence-corrected chi connectivity index (χ4v) is 3.15. The van der Waals surface area contributed by atoms with Gasteiger partial charge < -0.3 is 4.57 Å². The first-order valence-corrected chi connectivity index (χ1v) is 7.00. The highest BCUT2D eigenvalue weighted by molar-refractivity contribution is 7.15. The number of aromatic nitrogens is 2. The van der Waals surface area contributed by atoms with Crippen molar-refractivity contribution in [2.75, 3.05) is 0 Å². The first-order valence-electron chi connectivity index (χ1n) is 6.18. The van der Waals surface area contributed by atoms with Gasteiger partial charge in [-0.1, -0.05) is 6.92 Å². The summed E-state index contributed by atoms with van der Waals surface area (Å²) in [5.74, 6) is 0.967. The topological polar surface area (TPSA) is 41.6 Å². The van der Waals surface area contributed by atoms with Crippen LogP contribution in [0.2, 0.25) is 0 Å². The van der Waals surface area contributed by atoms with Crippen LogP contribution >= 0.6 is 11.3 Å². The van der Waals surface area contributed by atoms with E-state index in [0.717, 1.165) is 23.3 Å². The van der Waals surface area contributed by atoms with Crippen LogP contribution in [-0.4, -0.2) is 9.55 Å². The van der Waals surface area contributed by atoms with Crippen molar-refractivity contribution >= 4 is 22.4 Å². The minimum atomic E-state index is 0.651. The van der Waals surface area contributed by atoms with Crippen LogP contribution in [0.25, 0.3) is 21.7 Å². The van der Waals surface area contributed by atoms with Gasteiger partial charge in [0, 0.05) is 11.9 Å². The highest BCUT2D eigenvalue weighted by Crippen LogP contribution is 2.30. The van der Waals surface area contributed by atoms with Gasteiger partial charge in [-0.2, -0.15) is 5.26 Å². The van der Waals surface area contributed by atoms with Crippen LogP contribution in [0.5, 0.6) is 0 Å². The van der Waals surface area contributed by atoms with Crippen molar-refractivity contribution in [3.63, 3.8) is 0 Å². The summed E-state index contributed by atoms with van der Waals surface area (Å²) in [7, 11) is 2.02. The van der Waals surface area contributed by atoms with Gasteiger partial charge in [0.05, 0.1) is 27.5 Å². The zero-order valence-electron chi connectivity index (χ0n) is 10.8. The van der Waals surface area contributed by atoms with Gasteiger partial charge in [-0.15, -0.1) is 11.3 Å². The number of imidazole rings is 1. The van der Waals surface area contributed by atoms with Gasteiger partial charge in [0.25, 0.3) is 0 Å². The molecule has 2 aromatic heterocycles. The third kappa shape index (κ3) is 1.92. The molecule has 0 aliphatic heterocycles. The smallest absolute Gasteiger partial charge is 0.150 e. The van der Waals surface area contributed by atoms with E-state index in [4.69, 9.17) is 5.26 Å². The lowest BCUT2D eigenvalue weighted by Gasteiger charge is -1.98. The molecule has 0 unspecified atom stereocenters. The number of nitrogens with zero attached hydrogens (tertiary/aromatic N) is 3. The zero-order valence-corrected chi connectivity index (χ0v) is 11.7. The average molecular weight is 267 g/mol. The Morgan fingerprint density at radius 2 is 2.16 bits per heavy atom. The molecule has 0 fully saturated rings. The molecular weight excluding hydrogens is 254 g/mol. The number of hydrogen-bond donors (Lipinski definition) is 0. The van der Waals surface area contributed by atoms with Crippen molar-refractivity contribution in [2.24, 2.45) is 7.05 Å². The second-order valence-electron chi connectivity index (χ2n) is 4.43. The fraction of sp³-hybridized carbons (Fsp3) is 0.200. The summed E-state index contributed by atoms with van der Waals surface area (Å²) in [6.45, 7) is 2.16. The molecule has 3 rings (SSSR count). The maximum atomic E-state index is 8.94. The summed E-state index contributed by atoms with van der Waals surface area (Å²) >= 11 is 1.78. The summed E-state index contributed by atoms with van der Waals surface area (Å²) in [5, 5.41) is 8.94. The molecule has 2 heterocycles. The van der Waals surface area contributed by atoms with E-state index in [1.165, 1.54) is 9.75 Å². The number of hydrogen-bond acceptors (Lipinski definition) is 3. The second kappa shape index (κ2) is 4.52. The normalized spacial score (nSPS) is 10.8. The number of benzene rings is 1. The van der Waals surface area contributed by atoms with Gasteiger partial charge >= 0.3 is 0 Å². The molecule has 0 aliphatic carbocycles. The Labute approximate surface area is 115 Å². The second-order valence-corrected chi connectivity index (χ2v) is 5.60. The number of thiophene rings is 1. The Morgan fingerprint density at radius 3 is 2.84 bits per heavy atom. The summed E-state index contributed by atoms with van der Waals surface area (Å²) in [4.78, 5) is 7.20. The van der Waals surface area contributed by atoms with Crippen molar-refractivity contribution in [1.82, 2.24) is 9.55 Å². The molecule has 3 nitrogen and oxygen atoms in total. The van der Waals surface area contributed by atoms with E-state index >= 15 is 0 Å². The molecule has 0 amide bonds. The van der Waals surface area contributed by atoms with Crippen LogP contribution in [0, 0.1) is 11.3 Å². The molecule has 0 N–H and O–H groups in total. The van der Waals surface area contributed by atoms with Gasteiger partial charge in [0.15, 0.2) is 5.82 Å². The van der Waals surface area contributed by atoms with Crippen molar-refractivity contribution in [3.05, 3.63) is 40.8 Å². The van der Waals surface area contributed by atoms with Crippen molar-refractivity contribution in [2.45, 2.75) is 13.3 Å². The maximum Gasteiger partial charge on any atom is 0.150 e. The molecule has 94 valence electrons. The van der Waals surface area contributed by atoms with E-state index in [0.29, 0.717) is 5.56 Å². The summed E-state index contributed by atoms with van der Waals surface area (Å²) < 4.78 is 2.09. The van der Waals surface area contributed by atoms with Crippen LogP contribution in [0.15, 0.2) is 30.3 Å². The predicted molar refractivity (Wildman–Crippen MR) is 78.1 cm³/mol. The minimum Gasteiger partial charge on any atom is -0.326 e. The van der Waals surface area contributed by atoms with E-state index in [9.17, 15) is 0 Å². The third-order valence-electron chi connectivity index (χ3n) is 3.24. The molecule has 3 aromatic rings. The molecule has 0 spiro atoms. The number of nitriles is 1. The van der Waals surface area contributed by atoms with E-state index in [1.807, 2.05) is 25.2 Å². The molecule has 0 aliphatic rings. The molecule has 0 radical (unpaired) electrons. The van der Waals surface area contributed by atoms with Crippen LogP contribution in [-0.2, 0) is 13.5 Å². The van der Waals surface area contributed by atoms with E-state index in [1.54, 1.807) is 11.3 Å². The fourth-order valence-electron chi connectivity index (χ4n) is 2.18. The number of fused-ring (bicyclic) bond motifs is 1. The molecule has 0 bridgehead atoms. The molecular formula is C15H13N3S. The molecule has 0 saturated heterocycles. The highest BCUT2D eigenvalue weighted by atomic mass is 32.1. The first-order chi connectivity index (χ1) is 9.22. The lowest BCUT2D eigenvalue weighted by Crippen LogP contribution is -1.90. The summed E-state index contributed by atoms with van der Waals surface area (Å²) in [6.07, 6.45) is 1.05. The first kappa shape index (κ1) is 11.9. The zero-order chi connectivity index (χ0) is 13.4. The Bertz CT molecular complexity index is 789. The monoisotopic (exact) mass is 267 g/mol. The molecule has 0 atom stereocenters. The van der Waals surface area contributed by atoms with E-state index in [-0.39, 0.29) is 0 Å². The average Bonchev–Trinajstić information content (AvgIpc) is 3.03. The SMILES string of the molecule is CCc1ccc(-c2nc3cc(C#N)ccc3n2C)s1. The lowest BCUT2D eigenvalue weighted by molar-refractivity contribution is 0.963. The molecule has 0 saturated carbocycles. The predicted octanol–water partition coefficient (Wildman–Crippen LogP) is 3.74. The maximum absolute atomic E-state index is 8.94. The van der Waals surface area contributed by atoms with Gasteiger partial charge in [-0.05, 0) is 36.8 Å². The quantitative estimate of drug-likeness (QED) is 0.709. The van der Waals surface area contributed by atoms with Gasteiger partial charge in [0.1, 0.15) is 0 Å². The molecule has 4 heteroatoms.